The molecule has 1 aromatic rings. The fourth-order valence-electron chi connectivity index (χ4n) is 2.84. The summed E-state index contributed by atoms with van der Waals surface area (Å²) in [6.45, 7) is 1.43. The number of ether oxygens (including phenoxy) is 2. The molecule has 1 spiro atoms. The molecule has 0 aromatic carbocycles. The molecule has 2 aliphatic heterocycles. The third-order valence-electron chi connectivity index (χ3n) is 4.09. The Hall–Kier alpha value is -1.92. The van der Waals surface area contributed by atoms with Gasteiger partial charge in [-0.25, -0.2) is 18.2 Å². The minimum Gasteiger partial charge on any atom is -0.475 e. The first-order valence-corrected chi connectivity index (χ1v) is 9.73. The van der Waals surface area contributed by atoms with E-state index in [0.29, 0.717) is 32.0 Å². The highest BCUT2D eigenvalue weighted by atomic mass is 32.2. The molecule has 0 unspecified atom stereocenters. The maximum atomic E-state index is 11.6. The number of carbonyl (C=O) groups is 1. The molecule has 2 aliphatic rings. The number of hydrogen-bond donors (Lipinski definition) is 1. The predicted octanol–water partition coefficient (Wildman–Crippen LogP) is 1.29. The van der Waals surface area contributed by atoms with Gasteiger partial charge in [0.05, 0.1) is 18.5 Å². The van der Waals surface area contributed by atoms with Crippen LogP contribution in [0.15, 0.2) is 24.4 Å². The lowest BCUT2D eigenvalue weighted by molar-refractivity contribution is -0.192. The fraction of sp³-hybridized carbons (Fsp3) is 0.600. The molecule has 2 fully saturated rings. The molecule has 12 heteroatoms. The maximum Gasteiger partial charge on any atom is 0.490 e. The zero-order valence-electron chi connectivity index (χ0n) is 14.3. The summed E-state index contributed by atoms with van der Waals surface area (Å²) >= 11 is 0. The van der Waals surface area contributed by atoms with Gasteiger partial charge in [-0.2, -0.15) is 17.5 Å². The lowest BCUT2D eigenvalue weighted by atomic mass is 9.98. The summed E-state index contributed by atoms with van der Waals surface area (Å²) in [6.07, 6.45) is -0.799. The molecule has 2 atom stereocenters. The highest BCUT2D eigenvalue weighted by molar-refractivity contribution is 7.88. The molecular weight excluding hydrogens is 393 g/mol. The average molecular weight is 412 g/mol. The monoisotopic (exact) mass is 412 g/mol. The second-order valence-corrected chi connectivity index (χ2v) is 8.24. The number of sulfonamides is 1. The summed E-state index contributed by atoms with van der Waals surface area (Å²) < 4.78 is 68.0. The van der Waals surface area contributed by atoms with Gasteiger partial charge in [0.25, 0.3) is 0 Å². The number of halogens is 3. The predicted molar refractivity (Wildman–Crippen MR) is 86.7 cm³/mol. The minimum atomic E-state index is -5.08. The first-order valence-electron chi connectivity index (χ1n) is 7.88. The minimum absolute atomic E-state index is 0.0654. The number of pyridine rings is 1. The zero-order valence-corrected chi connectivity index (χ0v) is 15.2. The molecule has 3 rings (SSSR count). The van der Waals surface area contributed by atoms with Crippen LogP contribution in [0.25, 0.3) is 0 Å². The van der Waals surface area contributed by atoms with Crippen molar-refractivity contribution in [2.75, 3.05) is 26.0 Å². The number of carboxylic acids is 1. The Morgan fingerprint density at radius 2 is 2.11 bits per heavy atom. The van der Waals surface area contributed by atoms with E-state index in [4.69, 9.17) is 19.4 Å². The van der Waals surface area contributed by atoms with Gasteiger partial charge >= 0.3 is 12.1 Å². The van der Waals surface area contributed by atoms with E-state index in [1.165, 1.54) is 10.6 Å². The van der Waals surface area contributed by atoms with Crippen LogP contribution in [0.1, 0.15) is 12.8 Å². The second-order valence-electron chi connectivity index (χ2n) is 6.26. The van der Waals surface area contributed by atoms with Crippen molar-refractivity contribution in [3.8, 4) is 5.88 Å². The van der Waals surface area contributed by atoms with E-state index in [2.05, 4.69) is 4.98 Å². The standard InChI is InChI=1S/C13H18N2O4S.C2HF3O2/c1-20(16,17)15-7-5-13(10-15)8-11(9-18-13)19-12-4-2-3-6-14-12;3-2(4,5)1(6)7/h2-4,6,11H,5,7-10H2,1H3;(H,6,7)/t11-,13+;/m1./s1. The molecule has 2 saturated heterocycles. The van der Waals surface area contributed by atoms with Gasteiger partial charge in [0, 0.05) is 31.8 Å². The number of rotatable bonds is 3. The van der Waals surface area contributed by atoms with Crippen molar-refractivity contribution in [3.05, 3.63) is 24.4 Å². The molecule has 0 amide bonds. The third kappa shape index (κ3) is 6.04. The lowest BCUT2D eigenvalue weighted by Crippen LogP contribution is -2.35. The smallest absolute Gasteiger partial charge is 0.475 e. The van der Waals surface area contributed by atoms with Gasteiger partial charge in [0.1, 0.15) is 6.10 Å². The van der Waals surface area contributed by atoms with Gasteiger partial charge in [0.15, 0.2) is 0 Å². The van der Waals surface area contributed by atoms with Gasteiger partial charge in [-0.3, -0.25) is 0 Å². The van der Waals surface area contributed by atoms with Crippen molar-refractivity contribution >= 4 is 16.0 Å². The molecule has 0 saturated carbocycles. The van der Waals surface area contributed by atoms with Crippen molar-refractivity contribution in [2.45, 2.75) is 30.7 Å². The van der Waals surface area contributed by atoms with Crippen LogP contribution >= 0.6 is 0 Å². The van der Waals surface area contributed by atoms with Gasteiger partial charge in [-0.05, 0) is 12.5 Å². The average Bonchev–Trinajstić information content (AvgIpc) is 3.15. The Bertz CT molecular complexity index is 759. The molecule has 1 N–H and O–H groups in total. The second kappa shape index (κ2) is 7.98. The van der Waals surface area contributed by atoms with Crippen LogP contribution in [-0.2, 0) is 19.6 Å². The van der Waals surface area contributed by atoms with Gasteiger partial charge in [0.2, 0.25) is 15.9 Å². The van der Waals surface area contributed by atoms with E-state index in [1.807, 2.05) is 18.2 Å². The highest BCUT2D eigenvalue weighted by Gasteiger charge is 2.48. The molecule has 0 radical (unpaired) electrons. The fourth-order valence-corrected chi connectivity index (χ4v) is 3.73. The number of alkyl halides is 3. The number of carboxylic acid groups (broad SMARTS) is 1. The van der Waals surface area contributed by atoms with Gasteiger partial charge in [-0.15, -0.1) is 0 Å². The zero-order chi connectivity index (χ0) is 20.3. The summed E-state index contributed by atoms with van der Waals surface area (Å²) in [5.74, 6) is -2.18. The van der Waals surface area contributed by atoms with E-state index >= 15 is 0 Å². The summed E-state index contributed by atoms with van der Waals surface area (Å²) in [4.78, 5) is 13.0. The first kappa shape index (κ1) is 21.4. The SMILES string of the molecule is CS(=O)(=O)N1CC[C@]2(C[C@@H](Oc3ccccn3)CO2)C1.O=C(O)C(F)(F)F. The van der Waals surface area contributed by atoms with Crippen LogP contribution in [0.2, 0.25) is 0 Å². The maximum absolute atomic E-state index is 11.6. The van der Waals surface area contributed by atoms with E-state index in [0.717, 1.165) is 6.42 Å². The Kier molecular flexibility index (Phi) is 6.32. The Labute approximate surface area is 153 Å². The third-order valence-corrected chi connectivity index (χ3v) is 5.34. The van der Waals surface area contributed by atoms with Crippen molar-refractivity contribution < 1.29 is 41.0 Å². The van der Waals surface area contributed by atoms with E-state index in [1.54, 1.807) is 6.20 Å². The number of aromatic nitrogens is 1. The van der Waals surface area contributed by atoms with Gasteiger partial charge < -0.3 is 14.6 Å². The topological polar surface area (TPSA) is 106 Å². The first-order chi connectivity index (χ1) is 12.4. The van der Waals surface area contributed by atoms with Crippen molar-refractivity contribution in [2.24, 2.45) is 0 Å². The normalized spacial score (nSPS) is 25.9. The van der Waals surface area contributed by atoms with Crippen molar-refractivity contribution in [1.82, 2.24) is 9.29 Å². The number of aliphatic carboxylic acids is 1. The van der Waals surface area contributed by atoms with Crippen LogP contribution in [-0.4, -0.2) is 72.6 Å². The molecule has 0 aliphatic carbocycles. The number of nitrogens with zero attached hydrogens (tertiary/aromatic N) is 2. The summed E-state index contributed by atoms with van der Waals surface area (Å²) in [6, 6.07) is 5.51. The van der Waals surface area contributed by atoms with Crippen molar-refractivity contribution in [1.29, 1.82) is 0 Å². The quantitative estimate of drug-likeness (QED) is 0.797. The van der Waals surface area contributed by atoms with Gasteiger partial charge in [-0.1, -0.05) is 6.07 Å². The Balaban J connectivity index is 0.000000321. The van der Waals surface area contributed by atoms with E-state index in [9.17, 15) is 21.6 Å². The van der Waals surface area contributed by atoms with Crippen molar-refractivity contribution in [3.63, 3.8) is 0 Å². The molecular formula is C15H19F3N2O6S. The summed E-state index contributed by atoms with van der Waals surface area (Å²) in [7, 11) is -3.14. The number of hydrogen-bond acceptors (Lipinski definition) is 6. The van der Waals surface area contributed by atoms with Crippen LogP contribution in [0, 0.1) is 0 Å². The molecule has 1 aromatic heterocycles. The van der Waals surface area contributed by atoms with Crippen LogP contribution < -0.4 is 4.74 Å². The summed E-state index contributed by atoms with van der Waals surface area (Å²) in [5.41, 5.74) is -0.386. The highest BCUT2D eigenvalue weighted by Crippen LogP contribution is 2.37. The Morgan fingerprint density at radius 1 is 1.44 bits per heavy atom. The summed E-state index contributed by atoms with van der Waals surface area (Å²) in [5, 5.41) is 7.12. The Morgan fingerprint density at radius 3 is 2.59 bits per heavy atom. The molecule has 152 valence electrons. The largest absolute Gasteiger partial charge is 0.490 e. The van der Waals surface area contributed by atoms with Crippen LogP contribution in [0.3, 0.4) is 0 Å². The van der Waals surface area contributed by atoms with Crippen LogP contribution in [0.5, 0.6) is 5.88 Å². The molecule has 27 heavy (non-hydrogen) atoms. The molecule has 0 bridgehead atoms. The van der Waals surface area contributed by atoms with E-state index < -0.39 is 22.2 Å². The molecule has 8 nitrogen and oxygen atoms in total. The molecule has 3 heterocycles. The van der Waals surface area contributed by atoms with Crippen LogP contribution in [0.4, 0.5) is 13.2 Å². The lowest BCUT2D eigenvalue weighted by Gasteiger charge is -2.22. The van der Waals surface area contributed by atoms with E-state index in [-0.39, 0.29) is 11.7 Å².